The lowest BCUT2D eigenvalue weighted by Gasteiger charge is -2.27. The van der Waals surface area contributed by atoms with E-state index in [1.807, 2.05) is 30.9 Å². The normalized spacial score (nSPS) is 14.4. The molecule has 2 N–H and O–H groups in total. The van der Waals surface area contributed by atoms with Crippen LogP contribution in [0.5, 0.6) is 0 Å². The number of thiazole rings is 1. The number of piperazine rings is 1. The zero-order valence-electron chi connectivity index (χ0n) is 17.2. The summed E-state index contributed by atoms with van der Waals surface area (Å²) in [5.41, 5.74) is 7.03. The summed E-state index contributed by atoms with van der Waals surface area (Å²) in [6.45, 7) is 7.21. The molecule has 1 saturated heterocycles. The van der Waals surface area contributed by atoms with Crippen LogP contribution in [-0.2, 0) is 6.54 Å². The summed E-state index contributed by atoms with van der Waals surface area (Å²) in [4.78, 5) is 20.6. The van der Waals surface area contributed by atoms with Crippen molar-refractivity contribution in [2.24, 2.45) is 0 Å². The van der Waals surface area contributed by atoms with Crippen molar-refractivity contribution in [3.8, 4) is 11.3 Å². The summed E-state index contributed by atoms with van der Waals surface area (Å²) < 4.78 is 1.17. The molecule has 4 heterocycles. The van der Waals surface area contributed by atoms with Gasteiger partial charge in [-0.2, -0.15) is 0 Å². The number of rotatable bonds is 5. The molecule has 0 bridgehead atoms. The van der Waals surface area contributed by atoms with Crippen LogP contribution in [0.25, 0.3) is 21.5 Å². The summed E-state index contributed by atoms with van der Waals surface area (Å²) in [5.74, 6) is 1.28. The molecule has 3 aromatic heterocycles. The summed E-state index contributed by atoms with van der Waals surface area (Å²) >= 11 is 1.64. The fourth-order valence-electron chi connectivity index (χ4n) is 3.63. The second-order valence-electron chi connectivity index (χ2n) is 7.46. The number of hydrogen-bond donors (Lipinski definition) is 2. The number of anilines is 2. The van der Waals surface area contributed by atoms with Gasteiger partial charge in [0.15, 0.2) is 0 Å². The molecule has 0 saturated carbocycles. The van der Waals surface area contributed by atoms with Gasteiger partial charge in [0.05, 0.1) is 21.4 Å². The maximum Gasteiger partial charge on any atom is 0.228 e. The van der Waals surface area contributed by atoms with Crippen LogP contribution in [0.3, 0.4) is 0 Å². The summed E-state index contributed by atoms with van der Waals surface area (Å²) in [6.07, 6.45) is 3.77. The second kappa shape index (κ2) is 9.65. The number of nitrogens with one attached hydrogen (secondary N) is 2. The Labute approximate surface area is 191 Å². The average Bonchev–Trinajstić information content (AvgIpc) is 3.25. The van der Waals surface area contributed by atoms with Gasteiger partial charge >= 0.3 is 0 Å². The molecular weight excluding hydrogens is 430 g/mol. The maximum atomic E-state index is 4.74. The number of aryl methyl sites for hydroxylation is 1. The Hall–Kier alpha value is -2.65. The van der Waals surface area contributed by atoms with Crippen LogP contribution in [0.1, 0.15) is 11.1 Å². The molecule has 7 nitrogen and oxygen atoms in total. The fourth-order valence-corrected chi connectivity index (χ4v) is 4.29. The highest BCUT2D eigenvalue weighted by Crippen LogP contribution is 2.27. The van der Waals surface area contributed by atoms with Gasteiger partial charge in [-0.15, -0.1) is 23.7 Å². The van der Waals surface area contributed by atoms with E-state index in [2.05, 4.69) is 54.8 Å². The number of hydrogen-bond acceptors (Lipinski definition) is 8. The molecule has 31 heavy (non-hydrogen) atoms. The van der Waals surface area contributed by atoms with Crippen molar-refractivity contribution in [3.63, 3.8) is 0 Å². The lowest BCUT2D eigenvalue weighted by Crippen LogP contribution is -2.42. The molecule has 4 aromatic rings. The molecule has 1 aliphatic heterocycles. The SMILES string of the molecule is Cc1cnc(Nc2ccc(CN3CCNCC3)cn2)nc1-c1ccc2scnc2c1.Cl. The van der Waals surface area contributed by atoms with Crippen molar-refractivity contribution < 1.29 is 0 Å². The molecule has 0 atom stereocenters. The number of pyridine rings is 1. The van der Waals surface area contributed by atoms with Crippen molar-refractivity contribution in [1.82, 2.24) is 30.2 Å². The molecule has 0 radical (unpaired) electrons. The van der Waals surface area contributed by atoms with Crippen molar-refractivity contribution in [1.29, 1.82) is 0 Å². The predicted molar refractivity (Wildman–Crippen MR) is 128 cm³/mol. The monoisotopic (exact) mass is 453 g/mol. The van der Waals surface area contributed by atoms with E-state index < -0.39 is 0 Å². The van der Waals surface area contributed by atoms with E-state index in [1.54, 1.807) is 11.3 Å². The van der Waals surface area contributed by atoms with E-state index in [4.69, 9.17) is 4.98 Å². The van der Waals surface area contributed by atoms with Gasteiger partial charge in [0.25, 0.3) is 0 Å². The number of halogens is 1. The van der Waals surface area contributed by atoms with Crippen LogP contribution in [-0.4, -0.2) is 51.0 Å². The third-order valence-electron chi connectivity index (χ3n) is 5.26. The van der Waals surface area contributed by atoms with Gasteiger partial charge in [0.1, 0.15) is 5.82 Å². The number of benzene rings is 1. The molecular formula is C22H24ClN7S. The third-order valence-corrected chi connectivity index (χ3v) is 6.07. The third kappa shape index (κ3) is 4.99. The number of fused-ring (bicyclic) bond motifs is 1. The van der Waals surface area contributed by atoms with E-state index in [0.29, 0.717) is 5.95 Å². The highest BCUT2D eigenvalue weighted by Gasteiger charge is 2.11. The Morgan fingerprint density at radius 1 is 1.06 bits per heavy atom. The van der Waals surface area contributed by atoms with Gasteiger partial charge in [-0.05, 0) is 36.2 Å². The van der Waals surface area contributed by atoms with Crippen LogP contribution in [0.2, 0.25) is 0 Å². The first-order chi connectivity index (χ1) is 14.7. The Morgan fingerprint density at radius 2 is 1.94 bits per heavy atom. The summed E-state index contributed by atoms with van der Waals surface area (Å²) in [5, 5.41) is 6.61. The molecule has 0 aliphatic carbocycles. The van der Waals surface area contributed by atoms with E-state index in [1.165, 1.54) is 10.3 Å². The zero-order chi connectivity index (χ0) is 20.3. The molecule has 160 valence electrons. The number of aromatic nitrogens is 4. The predicted octanol–water partition coefficient (Wildman–Crippen LogP) is 4.03. The first-order valence-electron chi connectivity index (χ1n) is 10.1. The molecule has 1 aromatic carbocycles. The van der Waals surface area contributed by atoms with E-state index in [-0.39, 0.29) is 12.4 Å². The summed E-state index contributed by atoms with van der Waals surface area (Å²) in [7, 11) is 0. The second-order valence-corrected chi connectivity index (χ2v) is 8.35. The van der Waals surface area contributed by atoms with Gasteiger partial charge in [0, 0.05) is 50.7 Å². The van der Waals surface area contributed by atoms with Gasteiger partial charge in [-0.3, -0.25) is 4.90 Å². The fraction of sp³-hybridized carbons (Fsp3) is 0.273. The maximum absolute atomic E-state index is 4.74. The largest absolute Gasteiger partial charge is 0.314 e. The minimum absolute atomic E-state index is 0. The van der Waals surface area contributed by atoms with E-state index >= 15 is 0 Å². The topological polar surface area (TPSA) is 78.9 Å². The molecule has 5 rings (SSSR count). The molecule has 1 fully saturated rings. The van der Waals surface area contributed by atoms with Crippen LogP contribution in [0, 0.1) is 6.92 Å². The van der Waals surface area contributed by atoms with Gasteiger partial charge in [0.2, 0.25) is 5.95 Å². The number of nitrogens with zero attached hydrogens (tertiary/aromatic N) is 5. The van der Waals surface area contributed by atoms with Crippen LogP contribution in [0.4, 0.5) is 11.8 Å². The van der Waals surface area contributed by atoms with E-state index in [9.17, 15) is 0 Å². The van der Waals surface area contributed by atoms with Crippen molar-refractivity contribution >= 4 is 45.7 Å². The molecule has 0 amide bonds. The smallest absolute Gasteiger partial charge is 0.228 e. The molecule has 0 spiro atoms. The molecule has 1 aliphatic rings. The zero-order valence-corrected chi connectivity index (χ0v) is 18.8. The Kier molecular flexibility index (Phi) is 6.72. The standard InChI is InChI=1S/C22H23N7S.ClH/c1-15-11-25-22(28-21(15)17-3-4-19-18(10-17)26-14-30-19)27-20-5-2-16(12-24-20)13-29-8-6-23-7-9-29;/h2-5,10-12,14,23H,6-9,13H2,1H3,(H,24,25,27,28);1H. The van der Waals surface area contributed by atoms with Crippen molar-refractivity contribution in [2.45, 2.75) is 13.5 Å². The average molecular weight is 454 g/mol. The van der Waals surface area contributed by atoms with Gasteiger partial charge in [-0.1, -0.05) is 12.1 Å². The van der Waals surface area contributed by atoms with Crippen molar-refractivity contribution in [2.75, 3.05) is 31.5 Å². The first-order valence-corrected chi connectivity index (χ1v) is 10.9. The lowest BCUT2D eigenvalue weighted by atomic mass is 10.1. The molecule has 9 heteroatoms. The minimum Gasteiger partial charge on any atom is -0.314 e. The Morgan fingerprint density at radius 3 is 2.74 bits per heavy atom. The first kappa shape index (κ1) is 21.6. The minimum atomic E-state index is 0. The highest BCUT2D eigenvalue weighted by atomic mass is 35.5. The van der Waals surface area contributed by atoms with Crippen LogP contribution in [0.15, 0.2) is 48.2 Å². The Bertz CT molecular complexity index is 1160. The van der Waals surface area contributed by atoms with Crippen LogP contribution >= 0.6 is 23.7 Å². The van der Waals surface area contributed by atoms with Gasteiger partial charge < -0.3 is 10.6 Å². The highest BCUT2D eigenvalue weighted by molar-refractivity contribution is 7.16. The Balaban J connectivity index is 0.00000231. The quantitative estimate of drug-likeness (QED) is 0.472. The van der Waals surface area contributed by atoms with Crippen molar-refractivity contribution in [3.05, 3.63) is 59.4 Å². The van der Waals surface area contributed by atoms with Gasteiger partial charge in [-0.25, -0.2) is 19.9 Å². The molecule has 0 unspecified atom stereocenters. The summed E-state index contributed by atoms with van der Waals surface area (Å²) in [6, 6.07) is 10.4. The lowest BCUT2D eigenvalue weighted by molar-refractivity contribution is 0.233. The van der Waals surface area contributed by atoms with E-state index in [0.717, 1.165) is 60.9 Å². The van der Waals surface area contributed by atoms with Crippen LogP contribution < -0.4 is 10.6 Å².